The summed E-state index contributed by atoms with van der Waals surface area (Å²) in [6.45, 7) is 7.97. The Morgan fingerprint density at radius 2 is 2.00 bits per heavy atom. The quantitative estimate of drug-likeness (QED) is 0.422. The van der Waals surface area contributed by atoms with Gasteiger partial charge in [-0.3, -0.25) is 15.6 Å². The average Bonchev–Trinajstić information content (AvgIpc) is 2.48. The van der Waals surface area contributed by atoms with Crippen molar-refractivity contribution in [2.24, 2.45) is 0 Å². The number of hydrogen-bond acceptors (Lipinski definition) is 3. The van der Waals surface area contributed by atoms with E-state index >= 15 is 0 Å². The van der Waals surface area contributed by atoms with Crippen LogP contribution >= 0.6 is 12.2 Å². The zero-order valence-electron chi connectivity index (χ0n) is 11.0. The number of carbonyl (C=O) groups excluding carboxylic acids is 1. The normalized spacial score (nSPS) is 9.20. The minimum Gasteiger partial charge on any atom is -0.489 e. The summed E-state index contributed by atoms with van der Waals surface area (Å²) in [4.78, 5) is 12.0. The Kier molecular flexibility index (Phi) is 6.84. The van der Waals surface area contributed by atoms with Crippen LogP contribution in [-0.4, -0.2) is 24.2 Å². The number of thiocarbonyl (C=S) groups is 1. The third kappa shape index (κ3) is 5.11. The van der Waals surface area contributed by atoms with Gasteiger partial charge in [-0.2, -0.15) is 0 Å². The minimum absolute atomic E-state index is 0.308. The van der Waals surface area contributed by atoms with Crippen molar-refractivity contribution in [3.05, 3.63) is 55.1 Å². The summed E-state index contributed by atoms with van der Waals surface area (Å²) in [6, 6.07) is 6.92. The van der Waals surface area contributed by atoms with Crippen molar-refractivity contribution in [1.82, 2.24) is 16.2 Å². The van der Waals surface area contributed by atoms with Crippen molar-refractivity contribution in [3.63, 3.8) is 0 Å². The molecule has 0 saturated carbocycles. The highest BCUT2D eigenvalue weighted by molar-refractivity contribution is 7.80. The number of para-hydroxylation sites is 1. The molecule has 0 aliphatic heterocycles. The summed E-state index contributed by atoms with van der Waals surface area (Å²) in [5, 5.41) is 3.14. The molecule has 5 nitrogen and oxygen atoms in total. The Bertz CT molecular complexity index is 503. The lowest BCUT2D eigenvalue weighted by atomic mass is 10.2. The topological polar surface area (TPSA) is 62.4 Å². The Balaban J connectivity index is 2.60. The van der Waals surface area contributed by atoms with E-state index in [4.69, 9.17) is 17.0 Å². The second-order valence-electron chi connectivity index (χ2n) is 3.67. The van der Waals surface area contributed by atoms with Gasteiger partial charge in [-0.05, 0) is 24.4 Å². The predicted octanol–water partition coefficient (Wildman–Crippen LogP) is 1.55. The van der Waals surface area contributed by atoms with Crippen LogP contribution in [0.25, 0.3) is 0 Å². The van der Waals surface area contributed by atoms with Crippen molar-refractivity contribution >= 4 is 23.2 Å². The molecule has 0 aliphatic rings. The fourth-order valence-electron chi connectivity index (χ4n) is 1.32. The maximum atomic E-state index is 12.0. The van der Waals surface area contributed by atoms with E-state index in [9.17, 15) is 4.79 Å². The number of hydrazine groups is 1. The minimum atomic E-state index is -0.340. The van der Waals surface area contributed by atoms with Crippen LogP contribution in [0.5, 0.6) is 5.75 Å². The molecule has 0 saturated heterocycles. The van der Waals surface area contributed by atoms with Crippen molar-refractivity contribution in [1.29, 1.82) is 0 Å². The van der Waals surface area contributed by atoms with E-state index in [0.29, 0.717) is 29.6 Å². The maximum Gasteiger partial charge on any atom is 0.273 e. The Labute approximate surface area is 123 Å². The van der Waals surface area contributed by atoms with Crippen molar-refractivity contribution in [2.75, 3.05) is 13.2 Å². The zero-order valence-corrected chi connectivity index (χ0v) is 11.8. The Morgan fingerprint density at radius 3 is 2.70 bits per heavy atom. The van der Waals surface area contributed by atoms with Gasteiger partial charge in [0.15, 0.2) is 5.11 Å². The molecular weight excluding hydrogens is 274 g/mol. The lowest BCUT2D eigenvalue weighted by Crippen LogP contribution is -2.46. The van der Waals surface area contributed by atoms with Gasteiger partial charge in [0, 0.05) is 6.54 Å². The van der Waals surface area contributed by atoms with E-state index < -0.39 is 0 Å². The highest BCUT2D eigenvalue weighted by Crippen LogP contribution is 2.17. The predicted molar refractivity (Wildman–Crippen MR) is 83.5 cm³/mol. The van der Waals surface area contributed by atoms with E-state index in [1.165, 1.54) is 0 Å². The van der Waals surface area contributed by atoms with Gasteiger partial charge in [-0.1, -0.05) is 30.9 Å². The van der Waals surface area contributed by atoms with Gasteiger partial charge in [0.2, 0.25) is 0 Å². The van der Waals surface area contributed by atoms with Gasteiger partial charge in [0.1, 0.15) is 12.4 Å². The van der Waals surface area contributed by atoms with Crippen LogP contribution in [0.2, 0.25) is 0 Å². The lowest BCUT2D eigenvalue weighted by molar-refractivity contribution is 0.0940. The molecule has 1 aromatic carbocycles. The van der Waals surface area contributed by atoms with Crippen molar-refractivity contribution in [3.8, 4) is 5.75 Å². The maximum absolute atomic E-state index is 12.0. The van der Waals surface area contributed by atoms with E-state index in [0.717, 1.165) is 0 Å². The molecule has 0 heterocycles. The molecule has 20 heavy (non-hydrogen) atoms. The van der Waals surface area contributed by atoms with Crippen molar-refractivity contribution < 1.29 is 9.53 Å². The number of carbonyl (C=O) groups is 1. The molecule has 0 atom stereocenters. The molecule has 0 aromatic heterocycles. The van der Waals surface area contributed by atoms with Crippen LogP contribution in [-0.2, 0) is 0 Å². The molecular formula is C14H17N3O2S. The number of rotatable bonds is 6. The SMILES string of the molecule is C=CCNC(=S)NNC(=O)c1ccccc1OCC=C. The largest absolute Gasteiger partial charge is 0.489 e. The fraction of sp³-hybridized carbons (Fsp3) is 0.143. The second kappa shape index (κ2) is 8.71. The van der Waals surface area contributed by atoms with Crippen LogP contribution in [0, 0.1) is 0 Å². The van der Waals surface area contributed by atoms with E-state index in [1.54, 1.807) is 36.4 Å². The second-order valence-corrected chi connectivity index (χ2v) is 4.08. The third-order valence-corrected chi connectivity index (χ3v) is 2.43. The number of nitrogens with one attached hydrogen (secondary N) is 3. The summed E-state index contributed by atoms with van der Waals surface area (Å²) in [5.74, 6) is 0.143. The molecule has 1 rings (SSSR count). The average molecular weight is 291 g/mol. The van der Waals surface area contributed by atoms with Crippen LogP contribution in [0.1, 0.15) is 10.4 Å². The molecule has 6 heteroatoms. The van der Waals surface area contributed by atoms with E-state index in [1.807, 2.05) is 0 Å². The Morgan fingerprint density at radius 1 is 1.25 bits per heavy atom. The number of benzene rings is 1. The molecule has 0 aliphatic carbocycles. The Hall–Kier alpha value is -2.34. The summed E-state index contributed by atoms with van der Waals surface area (Å²) in [7, 11) is 0. The molecule has 1 aromatic rings. The summed E-state index contributed by atoms with van der Waals surface area (Å²) >= 11 is 4.96. The molecule has 3 N–H and O–H groups in total. The molecule has 1 amide bonds. The summed E-state index contributed by atoms with van der Waals surface area (Å²) in [6.07, 6.45) is 3.27. The van der Waals surface area contributed by atoms with Gasteiger partial charge in [0.25, 0.3) is 5.91 Å². The summed E-state index contributed by atoms with van der Waals surface area (Å²) in [5.41, 5.74) is 5.50. The standard InChI is InChI=1S/C14H17N3O2S/c1-3-9-15-14(20)17-16-13(18)11-7-5-6-8-12(11)19-10-4-2/h3-8H,1-2,9-10H2,(H,16,18)(H2,15,17,20). The number of hydrogen-bond donors (Lipinski definition) is 3. The van der Waals surface area contributed by atoms with Gasteiger partial charge >= 0.3 is 0 Å². The first-order chi connectivity index (χ1) is 9.69. The van der Waals surface area contributed by atoms with Gasteiger partial charge < -0.3 is 10.1 Å². The number of amides is 1. The van der Waals surface area contributed by atoms with Crippen LogP contribution in [0.3, 0.4) is 0 Å². The third-order valence-electron chi connectivity index (χ3n) is 2.18. The molecule has 0 fully saturated rings. The van der Waals surface area contributed by atoms with Gasteiger partial charge in [-0.25, -0.2) is 0 Å². The summed E-state index contributed by atoms with van der Waals surface area (Å²) < 4.78 is 5.41. The zero-order chi connectivity index (χ0) is 14.8. The van der Waals surface area contributed by atoms with Crippen LogP contribution in [0.4, 0.5) is 0 Å². The molecule has 0 bridgehead atoms. The highest BCUT2D eigenvalue weighted by atomic mass is 32.1. The van der Waals surface area contributed by atoms with Gasteiger partial charge in [-0.15, -0.1) is 6.58 Å². The van der Waals surface area contributed by atoms with Gasteiger partial charge in [0.05, 0.1) is 5.56 Å². The highest BCUT2D eigenvalue weighted by Gasteiger charge is 2.11. The fourth-order valence-corrected chi connectivity index (χ4v) is 1.45. The van der Waals surface area contributed by atoms with Crippen LogP contribution < -0.4 is 20.9 Å². The van der Waals surface area contributed by atoms with E-state index in [-0.39, 0.29) is 5.91 Å². The molecule has 0 radical (unpaired) electrons. The number of ether oxygens (including phenoxy) is 1. The smallest absolute Gasteiger partial charge is 0.273 e. The first kappa shape index (κ1) is 15.7. The monoisotopic (exact) mass is 291 g/mol. The first-order valence-corrected chi connectivity index (χ1v) is 6.37. The molecule has 0 unspecified atom stereocenters. The molecule has 106 valence electrons. The molecule has 0 spiro atoms. The van der Waals surface area contributed by atoms with Crippen molar-refractivity contribution in [2.45, 2.75) is 0 Å². The first-order valence-electron chi connectivity index (χ1n) is 5.96. The van der Waals surface area contributed by atoms with E-state index in [2.05, 4.69) is 29.3 Å². The van der Waals surface area contributed by atoms with Crippen LogP contribution in [0.15, 0.2) is 49.6 Å². The lowest BCUT2D eigenvalue weighted by Gasteiger charge is -2.12.